The number of piperazine rings is 1. The predicted molar refractivity (Wildman–Crippen MR) is 166 cm³/mol. The van der Waals surface area contributed by atoms with Crippen LogP contribution in [0.2, 0.25) is 0 Å². The fourth-order valence-corrected chi connectivity index (χ4v) is 4.91. The summed E-state index contributed by atoms with van der Waals surface area (Å²) in [5.41, 5.74) is 7.32. The number of hydrogen-bond acceptors (Lipinski definition) is 7. The van der Waals surface area contributed by atoms with Gasteiger partial charge in [0.1, 0.15) is 12.4 Å². The molecule has 0 bridgehead atoms. The minimum atomic E-state index is -0.266. The van der Waals surface area contributed by atoms with Crippen molar-refractivity contribution in [2.45, 2.75) is 13.2 Å². The second-order valence-corrected chi connectivity index (χ2v) is 10.0. The van der Waals surface area contributed by atoms with Crippen molar-refractivity contribution in [3.05, 3.63) is 119 Å². The monoisotopic (exact) mass is 564 g/mol. The first-order valence-corrected chi connectivity index (χ1v) is 14.0. The highest BCUT2D eigenvalue weighted by molar-refractivity contribution is 5.95. The van der Waals surface area contributed by atoms with Crippen LogP contribution in [-0.2, 0) is 13.2 Å². The van der Waals surface area contributed by atoms with E-state index < -0.39 is 0 Å². The molecule has 0 aromatic heterocycles. The Kier molecular flexibility index (Phi) is 9.69. The van der Waals surface area contributed by atoms with E-state index in [4.69, 9.17) is 14.2 Å². The molecule has 0 spiro atoms. The molecular formula is C34H36N4O4. The molecule has 0 unspecified atom stereocenters. The number of benzene rings is 4. The minimum Gasteiger partial charge on any atom is -0.495 e. The van der Waals surface area contributed by atoms with Gasteiger partial charge in [0.25, 0.3) is 5.91 Å². The van der Waals surface area contributed by atoms with Crippen molar-refractivity contribution in [1.82, 2.24) is 10.3 Å². The minimum absolute atomic E-state index is 0.266. The van der Waals surface area contributed by atoms with Crippen LogP contribution in [0.1, 0.15) is 27.0 Å². The third-order valence-corrected chi connectivity index (χ3v) is 7.23. The Morgan fingerprint density at radius 1 is 0.786 bits per heavy atom. The van der Waals surface area contributed by atoms with Gasteiger partial charge in [0.05, 0.1) is 26.1 Å². The van der Waals surface area contributed by atoms with E-state index in [-0.39, 0.29) is 5.91 Å². The molecule has 1 aliphatic rings. The smallest absolute Gasteiger partial charge is 0.271 e. The van der Waals surface area contributed by atoms with Crippen LogP contribution in [-0.4, -0.2) is 57.4 Å². The second-order valence-electron chi connectivity index (χ2n) is 10.0. The van der Waals surface area contributed by atoms with Crippen molar-refractivity contribution in [3.8, 4) is 17.2 Å². The number of carbonyl (C=O) groups excluding carboxylic acids is 1. The van der Waals surface area contributed by atoms with Gasteiger partial charge in [-0.25, -0.2) is 5.43 Å². The molecule has 1 heterocycles. The van der Waals surface area contributed by atoms with Crippen LogP contribution >= 0.6 is 0 Å². The number of methoxy groups -OCH3 is 2. The molecule has 4 aromatic carbocycles. The van der Waals surface area contributed by atoms with Gasteiger partial charge in [-0.2, -0.15) is 5.10 Å². The molecule has 1 fully saturated rings. The van der Waals surface area contributed by atoms with Gasteiger partial charge in [-0.1, -0.05) is 54.6 Å². The van der Waals surface area contributed by atoms with E-state index in [0.717, 1.165) is 55.3 Å². The van der Waals surface area contributed by atoms with Gasteiger partial charge in [0, 0.05) is 38.3 Å². The number of rotatable bonds is 11. The SMILES string of the molecule is COc1cc(/C=N\NC(=O)c2ccc(CN3CCN(c4ccccc4OC)CC3)cc2)ccc1OCc1ccccc1. The molecule has 0 atom stereocenters. The van der Waals surface area contributed by atoms with Crippen LogP contribution in [0, 0.1) is 0 Å². The number of amides is 1. The highest BCUT2D eigenvalue weighted by atomic mass is 16.5. The average Bonchev–Trinajstić information content (AvgIpc) is 3.05. The molecule has 1 N–H and O–H groups in total. The summed E-state index contributed by atoms with van der Waals surface area (Å²) in [6.45, 7) is 5.08. The molecule has 5 rings (SSSR count). The van der Waals surface area contributed by atoms with Crippen LogP contribution in [0.5, 0.6) is 17.2 Å². The molecule has 1 amide bonds. The first kappa shape index (κ1) is 28.7. The zero-order valence-corrected chi connectivity index (χ0v) is 24.0. The topological polar surface area (TPSA) is 75.6 Å². The Balaban J connectivity index is 1.09. The Labute approximate surface area is 247 Å². The molecule has 4 aromatic rings. The van der Waals surface area contributed by atoms with Gasteiger partial charge in [-0.3, -0.25) is 9.69 Å². The van der Waals surface area contributed by atoms with Crippen LogP contribution in [0.4, 0.5) is 5.69 Å². The lowest BCUT2D eigenvalue weighted by Gasteiger charge is -2.36. The van der Waals surface area contributed by atoms with Crippen molar-refractivity contribution in [1.29, 1.82) is 0 Å². The van der Waals surface area contributed by atoms with E-state index in [0.29, 0.717) is 23.7 Å². The zero-order valence-electron chi connectivity index (χ0n) is 24.0. The number of carbonyl (C=O) groups is 1. The summed E-state index contributed by atoms with van der Waals surface area (Å²) in [4.78, 5) is 17.5. The normalized spacial score (nSPS) is 13.6. The molecule has 8 nitrogen and oxygen atoms in total. The summed E-state index contributed by atoms with van der Waals surface area (Å²) in [6, 6.07) is 31.3. The molecule has 1 saturated heterocycles. The van der Waals surface area contributed by atoms with Crippen LogP contribution in [0.15, 0.2) is 102 Å². The Hall–Kier alpha value is -4.82. The van der Waals surface area contributed by atoms with Crippen molar-refractivity contribution < 1.29 is 19.0 Å². The summed E-state index contributed by atoms with van der Waals surface area (Å²) < 4.78 is 16.9. The number of ether oxygens (including phenoxy) is 3. The van der Waals surface area contributed by atoms with Gasteiger partial charge in [0.15, 0.2) is 11.5 Å². The van der Waals surface area contributed by atoms with Gasteiger partial charge in [-0.15, -0.1) is 0 Å². The maximum absolute atomic E-state index is 12.7. The molecule has 1 aliphatic heterocycles. The third kappa shape index (κ3) is 7.47. The van der Waals surface area contributed by atoms with Crippen LogP contribution in [0.3, 0.4) is 0 Å². The van der Waals surface area contributed by atoms with Crippen molar-refractivity contribution in [2.24, 2.45) is 5.10 Å². The molecule has 216 valence electrons. The van der Waals surface area contributed by atoms with E-state index in [9.17, 15) is 4.79 Å². The van der Waals surface area contributed by atoms with Gasteiger partial charge < -0.3 is 19.1 Å². The standard InChI is InChI=1S/C34H36N4O4/c1-40-31-11-7-6-10-30(31)38-20-18-37(19-21-38)24-26-12-15-29(16-13-26)34(39)36-35-23-28-14-17-32(33(22-28)41-2)42-25-27-8-4-3-5-9-27/h3-17,22-23H,18-21,24-25H2,1-2H3,(H,36,39)/b35-23-. The molecule has 0 aliphatic carbocycles. The van der Waals surface area contributed by atoms with Gasteiger partial charge in [0.2, 0.25) is 0 Å². The van der Waals surface area contributed by atoms with Gasteiger partial charge >= 0.3 is 0 Å². The number of hydrogen-bond donors (Lipinski definition) is 1. The lowest BCUT2D eigenvalue weighted by atomic mass is 10.1. The van der Waals surface area contributed by atoms with Gasteiger partial charge in [-0.05, 0) is 59.2 Å². The number of anilines is 1. The molecule has 0 saturated carbocycles. The highest BCUT2D eigenvalue weighted by Gasteiger charge is 2.19. The summed E-state index contributed by atoms with van der Waals surface area (Å²) in [6.07, 6.45) is 1.58. The maximum Gasteiger partial charge on any atom is 0.271 e. The van der Waals surface area contributed by atoms with Crippen LogP contribution in [0.25, 0.3) is 0 Å². The van der Waals surface area contributed by atoms with Crippen molar-refractivity contribution in [2.75, 3.05) is 45.3 Å². The lowest BCUT2D eigenvalue weighted by molar-refractivity contribution is 0.0955. The zero-order chi connectivity index (χ0) is 29.1. The number of nitrogens with one attached hydrogen (secondary N) is 1. The summed E-state index contributed by atoms with van der Waals surface area (Å²) in [5, 5.41) is 4.13. The molecular weight excluding hydrogens is 528 g/mol. The highest BCUT2D eigenvalue weighted by Crippen LogP contribution is 2.29. The van der Waals surface area contributed by atoms with Crippen molar-refractivity contribution in [3.63, 3.8) is 0 Å². The van der Waals surface area contributed by atoms with E-state index in [1.54, 1.807) is 20.4 Å². The van der Waals surface area contributed by atoms with E-state index >= 15 is 0 Å². The Morgan fingerprint density at radius 2 is 1.50 bits per heavy atom. The third-order valence-electron chi connectivity index (χ3n) is 7.23. The van der Waals surface area contributed by atoms with Crippen LogP contribution < -0.4 is 24.5 Å². The van der Waals surface area contributed by atoms with E-state index in [1.165, 1.54) is 5.56 Å². The Morgan fingerprint density at radius 3 is 2.24 bits per heavy atom. The van der Waals surface area contributed by atoms with E-state index in [1.807, 2.05) is 91.0 Å². The quantitative estimate of drug-likeness (QED) is 0.195. The second kappa shape index (κ2) is 14.2. The van der Waals surface area contributed by atoms with Crippen molar-refractivity contribution >= 4 is 17.8 Å². The largest absolute Gasteiger partial charge is 0.495 e. The van der Waals surface area contributed by atoms with E-state index in [2.05, 4.69) is 26.4 Å². The number of hydrazone groups is 1. The summed E-state index contributed by atoms with van der Waals surface area (Å²) in [5.74, 6) is 1.88. The fraction of sp³-hybridized carbons (Fsp3) is 0.235. The average molecular weight is 565 g/mol. The lowest BCUT2D eigenvalue weighted by Crippen LogP contribution is -2.46. The Bertz CT molecular complexity index is 1480. The number of nitrogens with zero attached hydrogens (tertiary/aromatic N) is 3. The predicted octanol–water partition coefficient (Wildman–Crippen LogP) is 5.37. The fourth-order valence-electron chi connectivity index (χ4n) is 4.91. The first-order valence-electron chi connectivity index (χ1n) is 14.0. The first-order chi connectivity index (χ1) is 20.6. The summed E-state index contributed by atoms with van der Waals surface area (Å²) in [7, 11) is 3.31. The molecule has 0 radical (unpaired) electrons. The maximum atomic E-state index is 12.7. The molecule has 42 heavy (non-hydrogen) atoms. The molecule has 8 heteroatoms. The number of para-hydroxylation sites is 2. The summed E-state index contributed by atoms with van der Waals surface area (Å²) >= 11 is 0.